The summed E-state index contributed by atoms with van der Waals surface area (Å²) in [5, 5.41) is 0. The molecule has 2 bridgehead atoms. The fourth-order valence-electron chi connectivity index (χ4n) is 5.84. The molecule has 0 radical (unpaired) electrons. The number of allylic oxidation sites excluding steroid dienone is 3. The van der Waals surface area contributed by atoms with Gasteiger partial charge >= 0.3 is 0 Å². The second-order valence-electron chi connectivity index (χ2n) is 8.95. The molecule has 1 fully saturated rings. The van der Waals surface area contributed by atoms with Crippen LogP contribution in [0.3, 0.4) is 0 Å². The van der Waals surface area contributed by atoms with E-state index in [9.17, 15) is 4.57 Å². The molecule has 4 atom stereocenters. The first-order valence-electron chi connectivity index (χ1n) is 11.5. The fraction of sp³-hybridized carbons (Fsp3) is 0.241. The Morgan fingerprint density at radius 2 is 1.73 bits per heavy atom. The van der Waals surface area contributed by atoms with E-state index in [0.717, 1.165) is 19.3 Å². The van der Waals surface area contributed by atoms with Crippen LogP contribution in [0.4, 0.5) is 0 Å². The van der Waals surface area contributed by atoms with Gasteiger partial charge in [-0.2, -0.15) is 0 Å². The van der Waals surface area contributed by atoms with Crippen LogP contribution in [-0.4, -0.2) is 7.11 Å². The lowest BCUT2D eigenvalue weighted by Crippen LogP contribution is -2.40. The van der Waals surface area contributed by atoms with E-state index < -0.39 is 8.69 Å². The highest BCUT2D eigenvalue weighted by Gasteiger charge is 2.48. The molecule has 0 saturated heterocycles. The summed E-state index contributed by atoms with van der Waals surface area (Å²) >= 11 is 0. The number of methoxy groups -OCH3 is 1. The van der Waals surface area contributed by atoms with Crippen LogP contribution in [-0.2, 0) is 14.7 Å². The van der Waals surface area contributed by atoms with Gasteiger partial charge in [-0.25, -0.2) is 0 Å². The molecule has 0 aliphatic heterocycles. The van der Waals surface area contributed by atoms with Crippen molar-refractivity contribution in [1.29, 1.82) is 0 Å². The van der Waals surface area contributed by atoms with Gasteiger partial charge in [-0.05, 0) is 65.1 Å². The highest BCUT2D eigenvalue weighted by Crippen LogP contribution is 2.59. The Kier molecular flexibility index (Phi) is 6.24. The van der Waals surface area contributed by atoms with E-state index in [4.69, 9.17) is 9.26 Å². The van der Waals surface area contributed by atoms with Crippen LogP contribution in [0.2, 0.25) is 0 Å². The fourth-order valence-corrected chi connectivity index (χ4v) is 6.10. The normalized spacial score (nSPS) is 25.7. The van der Waals surface area contributed by atoms with Crippen LogP contribution in [0, 0.1) is 5.92 Å². The molecule has 2 aliphatic rings. The van der Waals surface area contributed by atoms with E-state index >= 15 is 0 Å². The molecule has 1 saturated carbocycles. The smallest absolute Gasteiger partial charge is 0.225 e. The van der Waals surface area contributed by atoms with E-state index in [-0.39, 0.29) is 11.3 Å². The number of hydrogen-bond acceptors (Lipinski definition) is 3. The molecule has 5 rings (SSSR count). The van der Waals surface area contributed by atoms with Crippen molar-refractivity contribution in [1.82, 2.24) is 0 Å². The summed E-state index contributed by atoms with van der Waals surface area (Å²) in [6.07, 6.45) is 7.43. The maximum atomic E-state index is 11.2. The number of fused-ring (bicyclic) bond motifs is 2. The van der Waals surface area contributed by atoms with Gasteiger partial charge in [0.15, 0.2) is 0 Å². The largest absolute Gasteiger partial charge is 0.504 e. The Morgan fingerprint density at radius 3 is 2.45 bits per heavy atom. The van der Waals surface area contributed by atoms with Gasteiger partial charge in [0, 0.05) is 11.3 Å². The summed E-state index contributed by atoms with van der Waals surface area (Å²) in [7, 11) is 0.456. The average Bonchev–Trinajstić information content (AvgIpc) is 2.87. The minimum atomic E-state index is -1.29. The van der Waals surface area contributed by atoms with E-state index in [1.165, 1.54) is 27.8 Å². The van der Waals surface area contributed by atoms with Crippen LogP contribution >= 0.6 is 8.69 Å². The number of ether oxygens (including phenoxy) is 1. The molecule has 4 unspecified atom stereocenters. The summed E-state index contributed by atoms with van der Waals surface area (Å²) in [5.41, 5.74) is 6.44. The minimum Gasteiger partial charge on any atom is -0.504 e. The van der Waals surface area contributed by atoms with E-state index in [1.54, 1.807) is 7.11 Å². The average molecular weight is 457 g/mol. The molecule has 3 nitrogen and oxygen atoms in total. The SMILES string of the molecule is COC=C1CCC2(c3cccc(O[PH2]=O)c3)CC1C(c1ccccc1)C=C2c1ccccc1. The Balaban J connectivity index is 1.73. The van der Waals surface area contributed by atoms with E-state index in [0.29, 0.717) is 11.7 Å². The molecule has 168 valence electrons. The zero-order valence-corrected chi connectivity index (χ0v) is 20.0. The molecule has 0 N–H and O–H groups in total. The van der Waals surface area contributed by atoms with Crippen molar-refractivity contribution in [2.24, 2.45) is 5.92 Å². The summed E-state index contributed by atoms with van der Waals surface area (Å²) in [6, 6.07) is 29.8. The molecule has 0 spiro atoms. The molecule has 33 heavy (non-hydrogen) atoms. The molecule has 4 heteroatoms. The standard InChI is InChI=1S/C29H29O3P/c1-31-20-23-15-16-29(24-13-8-14-25(17-24)32-33-30)19-27(23)26(21-9-4-2-5-10-21)18-28(29)22-11-6-3-7-12-22/h2-14,17-18,20,26-27H,15-16,19,33H2,1H3. The van der Waals surface area contributed by atoms with Crippen LogP contribution in [0.15, 0.2) is 103 Å². The van der Waals surface area contributed by atoms with Gasteiger partial charge in [-0.15, -0.1) is 0 Å². The predicted octanol–water partition coefficient (Wildman–Crippen LogP) is 7.19. The lowest BCUT2D eigenvalue weighted by atomic mass is 9.53. The van der Waals surface area contributed by atoms with Gasteiger partial charge in [0.05, 0.1) is 13.4 Å². The number of hydrogen-bond donors (Lipinski definition) is 0. The minimum absolute atomic E-state index is 0.139. The summed E-state index contributed by atoms with van der Waals surface area (Å²) in [6.45, 7) is 0. The molecule has 2 aliphatic carbocycles. The Bertz CT molecular complexity index is 1190. The number of benzene rings is 3. The molecule has 0 aromatic heterocycles. The van der Waals surface area contributed by atoms with Crippen molar-refractivity contribution in [2.45, 2.75) is 30.6 Å². The molecule has 3 aromatic carbocycles. The molecular formula is C29H29O3P. The maximum Gasteiger partial charge on any atom is 0.225 e. The first-order valence-corrected chi connectivity index (χ1v) is 12.4. The van der Waals surface area contributed by atoms with Crippen LogP contribution in [0.25, 0.3) is 5.57 Å². The molecule has 0 heterocycles. The Morgan fingerprint density at radius 1 is 0.970 bits per heavy atom. The summed E-state index contributed by atoms with van der Waals surface area (Å²) < 4.78 is 22.2. The second-order valence-corrected chi connectivity index (χ2v) is 9.37. The van der Waals surface area contributed by atoms with Gasteiger partial charge in [0.1, 0.15) is 5.75 Å². The second kappa shape index (κ2) is 9.45. The highest BCUT2D eigenvalue weighted by molar-refractivity contribution is 7.17. The van der Waals surface area contributed by atoms with Crippen molar-refractivity contribution in [3.8, 4) is 5.75 Å². The summed E-state index contributed by atoms with van der Waals surface area (Å²) in [5.74, 6) is 1.31. The van der Waals surface area contributed by atoms with Gasteiger partial charge in [0.25, 0.3) is 0 Å². The maximum absolute atomic E-state index is 11.2. The van der Waals surface area contributed by atoms with Crippen molar-refractivity contribution < 1.29 is 13.8 Å². The van der Waals surface area contributed by atoms with Crippen molar-refractivity contribution in [2.75, 3.05) is 7.11 Å². The monoisotopic (exact) mass is 456 g/mol. The topological polar surface area (TPSA) is 35.5 Å². The first-order chi connectivity index (χ1) is 16.2. The Labute approximate surface area is 197 Å². The van der Waals surface area contributed by atoms with Crippen molar-refractivity contribution >= 4 is 14.3 Å². The summed E-state index contributed by atoms with van der Waals surface area (Å²) in [4.78, 5) is 0. The van der Waals surface area contributed by atoms with Crippen LogP contribution < -0.4 is 4.52 Å². The van der Waals surface area contributed by atoms with E-state index in [2.05, 4.69) is 78.9 Å². The quantitative estimate of drug-likeness (QED) is 0.291. The van der Waals surface area contributed by atoms with Gasteiger partial charge in [-0.3, -0.25) is 4.57 Å². The number of rotatable bonds is 6. The zero-order chi connectivity index (χ0) is 22.7. The van der Waals surface area contributed by atoms with Crippen LogP contribution in [0.5, 0.6) is 5.75 Å². The lowest BCUT2D eigenvalue weighted by Gasteiger charge is -2.50. The molecule has 3 aromatic rings. The van der Waals surface area contributed by atoms with Crippen molar-refractivity contribution in [3.05, 3.63) is 120 Å². The lowest BCUT2D eigenvalue weighted by molar-refractivity contribution is 0.274. The van der Waals surface area contributed by atoms with Gasteiger partial charge < -0.3 is 9.26 Å². The highest BCUT2D eigenvalue weighted by atomic mass is 31.1. The molecule has 0 amide bonds. The van der Waals surface area contributed by atoms with Gasteiger partial charge in [-0.1, -0.05) is 78.9 Å². The third-order valence-electron chi connectivity index (χ3n) is 7.29. The molecular weight excluding hydrogens is 427 g/mol. The first kappa shape index (κ1) is 21.8. The third kappa shape index (κ3) is 4.07. The Hall–Kier alpha value is -3.03. The zero-order valence-electron chi connectivity index (χ0n) is 18.8. The van der Waals surface area contributed by atoms with E-state index in [1.807, 2.05) is 18.4 Å². The predicted molar refractivity (Wildman–Crippen MR) is 135 cm³/mol. The third-order valence-corrected chi connectivity index (χ3v) is 7.66. The van der Waals surface area contributed by atoms with Crippen LogP contribution in [0.1, 0.15) is 41.9 Å². The van der Waals surface area contributed by atoms with Crippen molar-refractivity contribution in [3.63, 3.8) is 0 Å². The van der Waals surface area contributed by atoms with Gasteiger partial charge in [0.2, 0.25) is 8.69 Å².